The number of hydrogen-bond acceptors (Lipinski definition) is 4. The van der Waals surface area contributed by atoms with E-state index in [0.29, 0.717) is 12.8 Å². The van der Waals surface area contributed by atoms with Gasteiger partial charge in [0.15, 0.2) is 11.5 Å². The first kappa shape index (κ1) is 14.7. The Kier molecular flexibility index (Phi) is 4.99. The van der Waals surface area contributed by atoms with Crippen LogP contribution in [0, 0.1) is 0 Å². The normalized spacial score (nSPS) is 19.7. The van der Waals surface area contributed by atoms with Crippen molar-refractivity contribution in [2.75, 3.05) is 33.0 Å². The van der Waals surface area contributed by atoms with Gasteiger partial charge in [0.05, 0.1) is 0 Å². The molecule has 0 bridgehead atoms. The minimum absolute atomic E-state index is 0.354. The number of nitrogens with zero attached hydrogens (tertiary/aromatic N) is 1. The second-order valence-corrected chi connectivity index (χ2v) is 5.91. The highest BCUT2D eigenvalue weighted by Gasteiger charge is 2.24. The van der Waals surface area contributed by atoms with E-state index in [1.807, 2.05) is 0 Å². The zero-order valence-corrected chi connectivity index (χ0v) is 12.9. The van der Waals surface area contributed by atoms with Crippen LogP contribution in [0.3, 0.4) is 0 Å². The highest BCUT2D eigenvalue weighted by molar-refractivity contribution is 5.45. The van der Waals surface area contributed by atoms with Gasteiger partial charge in [0.2, 0.25) is 6.79 Å². The molecule has 1 aromatic rings. The van der Waals surface area contributed by atoms with Gasteiger partial charge in [-0.2, -0.15) is 0 Å². The van der Waals surface area contributed by atoms with Gasteiger partial charge < -0.3 is 14.8 Å². The summed E-state index contributed by atoms with van der Waals surface area (Å²) in [6.07, 6.45) is 5.11. The molecular formula is C17H26N2O2. The lowest BCUT2D eigenvalue weighted by atomic mass is 9.97. The van der Waals surface area contributed by atoms with Crippen LogP contribution in [0.15, 0.2) is 18.2 Å². The summed E-state index contributed by atoms with van der Waals surface area (Å²) in [5.74, 6) is 1.79. The van der Waals surface area contributed by atoms with Gasteiger partial charge in [0.1, 0.15) is 0 Å². The standard InChI is InChI=1S/C17H26N2O2/c1-2-3-4-5-15(19-10-8-18-9-11-19)14-6-7-16-17(12-14)21-13-20-16/h6-7,12,15,18H,2-5,8-11,13H2,1H3/t15-/m1/s1. The molecule has 116 valence electrons. The Hall–Kier alpha value is -1.26. The van der Waals surface area contributed by atoms with Crippen molar-refractivity contribution in [3.63, 3.8) is 0 Å². The molecule has 3 rings (SSSR count). The predicted molar refractivity (Wildman–Crippen MR) is 83.9 cm³/mol. The maximum atomic E-state index is 5.55. The van der Waals surface area contributed by atoms with Gasteiger partial charge in [-0.25, -0.2) is 0 Å². The number of hydrogen-bond donors (Lipinski definition) is 1. The largest absolute Gasteiger partial charge is 0.454 e. The van der Waals surface area contributed by atoms with Gasteiger partial charge in [-0.05, 0) is 24.1 Å². The van der Waals surface area contributed by atoms with E-state index in [4.69, 9.17) is 9.47 Å². The Balaban J connectivity index is 1.76. The molecule has 1 aromatic carbocycles. The van der Waals surface area contributed by atoms with E-state index in [1.54, 1.807) is 0 Å². The van der Waals surface area contributed by atoms with Crippen molar-refractivity contribution < 1.29 is 9.47 Å². The first-order chi connectivity index (χ1) is 10.4. The highest BCUT2D eigenvalue weighted by Crippen LogP contribution is 2.37. The lowest BCUT2D eigenvalue weighted by molar-refractivity contribution is 0.162. The van der Waals surface area contributed by atoms with Gasteiger partial charge in [-0.1, -0.05) is 32.3 Å². The van der Waals surface area contributed by atoms with E-state index in [2.05, 4.69) is 35.3 Å². The first-order valence-corrected chi connectivity index (χ1v) is 8.23. The second kappa shape index (κ2) is 7.14. The molecule has 4 heteroatoms. The molecule has 1 fully saturated rings. The van der Waals surface area contributed by atoms with Crippen LogP contribution in [0.5, 0.6) is 11.5 Å². The Morgan fingerprint density at radius 1 is 1.14 bits per heavy atom. The van der Waals surface area contributed by atoms with Crippen molar-refractivity contribution in [1.82, 2.24) is 10.2 Å². The average molecular weight is 290 g/mol. The third kappa shape index (κ3) is 3.50. The Morgan fingerprint density at radius 2 is 1.95 bits per heavy atom. The van der Waals surface area contributed by atoms with Gasteiger partial charge in [0.25, 0.3) is 0 Å². The summed E-state index contributed by atoms with van der Waals surface area (Å²) in [7, 11) is 0. The minimum Gasteiger partial charge on any atom is -0.454 e. The fourth-order valence-corrected chi connectivity index (χ4v) is 3.26. The summed E-state index contributed by atoms with van der Waals surface area (Å²) in [5, 5.41) is 3.44. The summed E-state index contributed by atoms with van der Waals surface area (Å²) in [4.78, 5) is 2.61. The zero-order chi connectivity index (χ0) is 14.5. The molecule has 0 aromatic heterocycles. The van der Waals surface area contributed by atoms with Crippen LogP contribution >= 0.6 is 0 Å². The number of ether oxygens (including phenoxy) is 2. The van der Waals surface area contributed by atoms with E-state index >= 15 is 0 Å². The number of nitrogens with one attached hydrogen (secondary N) is 1. The predicted octanol–water partition coefficient (Wildman–Crippen LogP) is 2.94. The van der Waals surface area contributed by atoms with Crippen molar-refractivity contribution in [2.24, 2.45) is 0 Å². The van der Waals surface area contributed by atoms with E-state index in [0.717, 1.165) is 37.7 Å². The van der Waals surface area contributed by atoms with Crippen LogP contribution < -0.4 is 14.8 Å². The van der Waals surface area contributed by atoms with Crippen LogP contribution in [0.4, 0.5) is 0 Å². The number of fused-ring (bicyclic) bond motifs is 1. The van der Waals surface area contributed by atoms with Gasteiger partial charge in [-0.15, -0.1) is 0 Å². The Bertz CT molecular complexity index is 458. The topological polar surface area (TPSA) is 33.7 Å². The first-order valence-electron chi connectivity index (χ1n) is 8.23. The lowest BCUT2D eigenvalue weighted by Gasteiger charge is -2.35. The zero-order valence-electron chi connectivity index (χ0n) is 12.9. The lowest BCUT2D eigenvalue weighted by Crippen LogP contribution is -2.45. The number of benzene rings is 1. The van der Waals surface area contributed by atoms with Gasteiger partial charge >= 0.3 is 0 Å². The van der Waals surface area contributed by atoms with E-state index in [9.17, 15) is 0 Å². The monoisotopic (exact) mass is 290 g/mol. The van der Waals surface area contributed by atoms with Crippen molar-refractivity contribution in [2.45, 2.75) is 38.6 Å². The molecule has 0 aliphatic carbocycles. The van der Waals surface area contributed by atoms with Crippen LogP contribution in [-0.2, 0) is 0 Å². The van der Waals surface area contributed by atoms with E-state index < -0.39 is 0 Å². The Labute approximate surface area is 127 Å². The summed E-state index contributed by atoms with van der Waals surface area (Å²) < 4.78 is 11.0. The van der Waals surface area contributed by atoms with Crippen LogP contribution in [0.25, 0.3) is 0 Å². The number of unbranched alkanes of at least 4 members (excludes halogenated alkanes) is 2. The molecule has 4 nitrogen and oxygen atoms in total. The minimum atomic E-state index is 0.354. The average Bonchev–Trinajstić information content (AvgIpc) is 3.00. The molecule has 0 saturated carbocycles. The molecule has 1 saturated heterocycles. The quantitative estimate of drug-likeness (QED) is 0.817. The maximum Gasteiger partial charge on any atom is 0.231 e. The van der Waals surface area contributed by atoms with Gasteiger partial charge in [0, 0.05) is 32.2 Å². The number of piperazine rings is 1. The molecule has 0 spiro atoms. The Morgan fingerprint density at radius 3 is 2.76 bits per heavy atom. The maximum absolute atomic E-state index is 5.55. The third-order valence-electron chi connectivity index (χ3n) is 4.45. The molecule has 21 heavy (non-hydrogen) atoms. The van der Waals surface area contributed by atoms with Crippen molar-refractivity contribution >= 4 is 0 Å². The second-order valence-electron chi connectivity index (χ2n) is 5.91. The van der Waals surface area contributed by atoms with E-state index in [1.165, 1.54) is 31.2 Å². The fraction of sp³-hybridized carbons (Fsp3) is 0.647. The molecule has 1 atom stereocenters. The summed E-state index contributed by atoms with van der Waals surface area (Å²) in [5.41, 5.74) is 1.37. The van der Waals surface area contributed by atoms with E-state index in [-0.39, 0.29) is 0 Å². The SMILES string of the molecule is CCCCC[C@H](c1ccc2c(c1)OCO2)N1CCNCC1. The van der Waals surface area contributed by atoms with Gasteiger partial charge in [-0.3, -0.25) is 4.90 Å². The van der Waals surface area contributed by atoms with Crippen LogP contribution in [0.2, 0.25) is 0 Å². The molecule has 2 heterocycles. The smallest absolute Gasteiger partial charge is 0.231 e. The molecular weight excluding hydrogens is 264 g/mol. The third-order valence-corrected chi connectivity index (χ3v) is 4.45. The fourth-order valence-electron chi connectivity index (χ4n) is 3.26. The summed E-state index contributed by atoms with van der Waals surface area (Å²) in [6, 6.07) is 6.97. The number of rotatable bonds is 6. The molecule has 0 radical (unpaired) electrons. The van der Waals surface area contributed by atoms with Crippen molar-refractivity contribution in [3.8, 4) is 11.5 Å². The van der Waals surface area contributed by atoms with Crippen LogP contribution in [0.1, 0.15) is 44.2 Å². The molecule has 0 unspecified atom stereocenters. The molecule has 2 aliphatic heterocycles. The molecule has 1 N–H and O–H groups in total. The summed E-state index contributed by atoms with van der Waals surface area (Å²) in [6.45, 7) is 7.06. The van der Waals surface area contributed by atoms with Crippen molar-refractivity contribution in [3.05, 3.63) is 23.8 Å². The molecule has 0 amide bonds. The highest BCUT2D eigenvalue weighted by atomic mass is 16.7. The van der Waals surface area contributed by atoms with Crippen LogP contribution in [-0.4, -0.2) is 37.9 Å². The summed E-state index contributed by atoms with van der Waals surface area (Å²) >= 11 is 0. The molecule has 2 aliphatic rings. The van der Waals surface area contributed by atoms with Crippen molar-refractivity contribution in [1.29, 1.82) is 0 Å².